The fraction of sp³-hybridized carbons (Fsp3) is 0.395. The molecule has 3 atom stereocenters. The highest BCUT2D eigenvalue weighted by atomic mass is 35.5. The van der Waals surface area contributed by atoms with Gasteiger partial charge in [-0.15, -0.1) is 0 Å². The number of hydrazone groups is 1. The third-order valence-electron chi connectivity index (χ3n) is 9.45. The molecular weight excluding hydrogens is 671 g/mol. The largest absolute Gasteiger partial charge is 0.493 e. The summed E-state index contributed by atoms with van der Waals surface area (Å²) >= 11 is 12.8. The van der Waals surface area contributed by atoms with Crippen molar-refractivity contribution in [1.29, 1.82) is 0 Å². The molecule has 0 bridgehead atoms. The second-order valence-corrected chi connectivity index (χ2v) is 14.1. The Morgan fingerprint density at radius 1 is 0.840 bits per heavy atom. The molecule has 0 spiro atoms. The van der Waals surface area contributed by atoms with Gasteiger partial charge in [-0.05, 0) is 80.9 Å². The molecule has 0 N–H and O–H groups in total. The number of anilines is 3. The third kappa shape index (κ3) is 8.20. The molecule has 264 valence electrons. The zero-order valence-corrected chi connectivity index (χ0v) is 30.8. The van der Waals surface area contributed by atoms with Crippen LogP contribution in [0.4, 0.5) is 17.1 Å². The Morgan fingerprint density at radius 3 is 2.04 bits per heavy atom. The van der Waals surface area contributed by atoms with Crippen molar-refractivity contribution in [3.8, 4) is 5.75 Å². The first-order chi connectivity index (χ1) is 24.1. The van der Waals surface area contributed by atoms with Crippen LogP contribution in [0.5, 0.6) is 5.75 Å². The molecule has 12 heteroatoms. The molecule has 10 nitrogen and oxygen atoms in total. The number of piperazine rings is 1. The molecule has 4 aromatic rings. The van der Waals surface area contributed by atoms with Gasteiger partial charge in [0, 0.05) is 64.8 Å². The van der Waals surface area contributed by atoms with E-state index in [1.165, 1.54) is 11.4 Å². The van der Waals surface area contributed by atoms with Crippen LogP contribution in [0.3, 0.4) is 0 Å². The van der Waals surface area contributed by atoms with Crippen LogP contribution in [0.15, 0.2) is 96.6 Å². The zero-order chi connectivity index (χ0) is 35.3. The van der Waals surface area contributed by atoms with Crippen molar-refractivity contribution >= 4 is 46.6 Å². The van der Waals surface area contributed by atoms with Gasteiger partial charge in [-0.2, -0.15) is 20.1 Å². The van der Waals surface area contributed by atoms with E-state index < -0.39 is 5.60 Å². The fourth-order valence-electron chi connectivity index (χ4n) is 6.24. The molecule has 1 saturated heterocycles. The standard InChI is InChI=1S/C38H46Cl2N8O2/c1-6-29(3)48-30(4)46(27-43-48)34-10-8-32(9-11-34)44-19-21-45(22-20-44)33-12-14-35(15-13-33)49-24-28(2)25-50-38(5,26-47-41-17-18-42-47)36-16-7-31(39)23-37(36)40/h7-18,23,27-29H,4,6,19-22,24-26H2,1-3,5H3. The number of nitrogens with zero attached hydrogens (tertiary/aromatic N) is 8. The number of hydrogen-bond acceptors (Lipinski definition) is 9. The topological polar surface area (TPSA) is 74.5 Å². The average Bonchev–Trinajstić information content (AvgIpc) is 3.79. The Morgan fingerprint density at radius 2 is 1.44 bits per heavy atom. The molecule has 1 aromatic heterocycles. The summed E-state index contributed by atoms with van der Waals surface area (Å²) in [6, 6.07) is 22.8. The molecule has 0 saturated carbocycles. The van der Waals surface area contributed by atoms with Gasteiger partial charge in [-0.1, -0.05) is 49.7 Å². The molecule has 6 rings (SSSR count). The Bertz CT molecular complexity index is 1740. The van der Waals surface area contributed by atoms with E-state index in [0.29, 0.717) is 35.8 Å². The molecule has 0 aliphatic carbocycles. The van der Waals surface area contributed by atoms with Crippen molar-refractivity contribution in [2.75, 3.05) is 54.1 Å². The highest BCUT2D eigenvalue weighted by molar-refractivity contribution is 6.35. The first kappa shape index (κ1) is 35.6. The Labute approximate surface area is 305 Å². The zero-order valence-electron chi connectivity index (χ0n) is 29.3. The van der Waals surface area contributed by atoms with E-state index in [1.807, 2.05) is 47.4 Å². The summed E-state index contributed by atoms with van der Waals surface area (Å²) in [6.45, 7) is 17.9. The van der Waals surface area contributed by atoms with E-state index in [9.17, 15) is 0 Å². The Kier molecular flexibility index (Phi) is 11.2. The van der Waals surface area contributed by atoms with Gasteiger partial charge in [-0.3, -0.25) is 4.90 Å². The molecule has 3 unspecified atom stereocenters. The molecule has 2 aliphatic rings. The summed E-state index contributed by atoms with van der Waals surface area (Å²) in [7, 11) is 0. The normalized spacial score (nSPS) is 17.3. The lowest BCUT2D eigenvalue weighted by Gasteiger charge is -2.37. The van der Waals surface area contributed by atoms with Crippen molar-refractivity contribution in [1.82, 2.24) is 20.0 Å². The lowest BCUT2D eigenvalue weighted by Crippen LogP contribution is -2.46. The van der Waals surface area contributed by atoms with Gasteiger partial charge in [0.25, 0.3) is 0 Å². The summed E-state index contributed by atoms with van der Waals surface area (Å²) in [5, 5.41) is 16.2. The minimum absolute atomic E-state index is 0.120. The number of rotatable bonds is 14. The number of halogens is 2. The van der Waals surface area contributed by atoms with E-state index in [-0.39, 0.29) is 5.92 Å². The maximum absolute atomic E-state index is 6.61. The van der Waals surface area contributed by atoms with Crippen LogP contribution in [0.1, 0.15) is 39.7 Å². The molecular formula is C38H46Cl2N8O2. The lowest BCUT2D eigenvalue weighted by molar-refractivity contribution is -0.0706. The van der Waals surface area contributed by atoms with Gasteiger partial charge in [0.1, 0.15) is 23.5 Å². The molecule has 50 heavy (non-hydrogen) atoms. The first-order valence-corrected chi connectivity index (χ1v) is 18.0. The number of aromatic nitrogens is 3. The minimum atomic E-state index is -0.766. The van der Waals surface area contributed by atoms with Gasteiger partial charge in [0.2, 0.25) is 0 Å². The molecule has 3 aromatic carbocycles. The summed E-state index contributed by atoms with van der Waals surface area (Å²) < 4.78 is 12.7. The van der Waals surface area contributed by atoms with Crippen molar-refractivity contribution in [2.24, 2.45) is 11.0 Å². The highest BCUT2D eigenvalue weighted by Crippen LogP contribution is 2.35. The molecule has 0 radical (unpaired) electrons. The second kappa shape index (κ2) is 15.7. The van der Waals surface area contributed by atoms with E-state index in [4.69, 9.17) is 32.7 Å². The first-order valence-electron chi connectivity index (χ1n) is 17.2. The lowest BCUT2D eigenvalue weighted by atomic mass is 9.95. The second-order valence-electron chi connectivity index (χ2n) is 13.2. The number of hydrogen-bond donors (Lipinski definition) is 0. The quantitative estimate of drug-likeness (QED) is 0.130. The predicted octanol–water partition coefficient (Wildman–Crippen LogP) is 7.89. The van der Waals surface area contributed by atoms with Crippen LogP contribution in [0.25, 0.3) is 0 Å². The Hall–Kier alpha value is -4.25. The monoisotopic (exact) mass is 716 g/mol. The maximum atomic E-state index is 6.61. The maximum Gasteiger partial charge on any atom is 0.128 e. The van der Waals surface area contributed by atoms with E-state index in [2.05, 4.69) is 88.8 Å². The summed E-state index contributed by atoms with van der Waals surface area (Å²) in [5.41, 5.74) is 3.56. The van der Waals surface area contributed by atoms with Gasteiger partial charge in [0.15, 0.2) is 0 Å². The van der Waals surface area contributed by atoms with Crippen molar-refractivity contribution < 1.29 is 9.47 Å². The minimum Gasteiger partial charge on any atom is -0.493 e. The summed E-state index contributed by atoms with van der Waals surface area (Å²) in [6.07, 6.45) is 6.16. The number of benzene rings is 3. The van der Waals surface area contributed by atoms with Gasteiger partial charge < -0.3 is 19.3 Å². The van der Waals surface area contributed by atoms with Crippen molar-refractivity contribution in [2.45, 2.75) is 52.3 Å². The molecule has 0 amide bonds. The van der Waals surface area contributed by atoms with E-state index in [0.717, 1.165) is 55.4 Å². The predicted molar refractivity (Wildman–Crippen MR) is 203 cm³/mol. The van der Waals surface area contributed by atoms with Gasteiger partial charge >= 0.3 is 0 Å². The molecule has 1 fully saturated rings. The highest BCUT2D eigenvalue weighted by Gasteiger charge is 2.32. The van der Waals surface area contributed by atoms with Crippen LogP contribution < -0.4 is 19.4 Å². The molecule has 2 aliphatic heterocycles. The van der Waals surface area contributed by atoms with Gasteiger partial charge in [0.05, 0.1) is 38.2 Å². The third-order valence-corrected chi connectivity index (χ3v) is 10.00. The fourth-order valence-corrected chi connectivity index (χ4v) is 6.85. The summed E-state index contributed by atoms with van der Waals surface area (Å²) in [5.74, 6) is 1.84. The van der Waals surface area contributed by atoms with E-state index in [1.54, 1.807) is 23.3 Å². The van der Waals surface area contributed by atoms with Crippen LogP contribution in [-0.4, -0.2) is 71.8 Å². The molecule has 3 heterocycles. The van der Waals surface area contributed by atoms with Crippen LogP contribution in [0.2, 0.25) is 10.0 Å². The smallest absolute Gasteiger partial charge is 0.128 e. The van der Waals surface area contributed by atoms with Crippen molar-refractivity contribution in [3.63, 3.8) is 0 Å². The van der Waals surface area contributed by atoms with Crippen LogP contribution in [-0.2, 0) is 16.9 Å². The van der Waals surface area contributed by atoms with Crippen LogP contribution in [0, 0.1) is 5.92 Å². The number of ether oxygens (including phenoxy) is 2. The summed E-state index contributed by atoms with van der Waals surface area (Å²) in [4.78, 5) is 8.52. The van der Waals surface area contributed by atoms with E-state index >= 15 is 0 Å². The van der Waals surface area contributed by atoms with Gasteiger partial charge in [-0.25, -0.2) is 5.01 Å². The Balaban J connectivity index is 0.972. The average molecular weight is 718 g/mol. The van der Waals surface area contributed by atoms with Crippen molar-refractivity contribution in [3.05, 3.63) is 107 Å². The van der Waals surface area contributed by atoms with Crippen LogP contribution >= 0.6 is 23.2 Å². The SMILES string of the molecule is C=C1N(c2ccc(N3CCN(c4ccc(OCC(C)COC(C)(Cn5nccn5)c5ccc(Cl)cc5Cl)cc4)CC3)cc2)C=NN1C(C)CC.